The molecule has 0 aromatic rings. The van der Waals surface area contributed by atoms with Gasteiger partial charge in [-0.2, -0.15) is 5.48 Å². The van der Waals surface area contributed by atoms with Crippen LogP contribution in [-0.2, 0) is 19.2 Å². The van der Waals surface area contributed by atoms with Crippen molar-refractivity contribution in [2.75, 3.05) is 13.2 Å². The number of ether oxygens (including phenoxy) is 1. The average molecular weight is 229 g/mol. The maximum atomic E-state index is 11.1. The Bertz CT molecular complexity index is 264. The van der Waals surface area contributed by atoms with Crippen LogP contribution in [-0.4, -0.2) is 31.4 Å². The molecular formula is C10H15NO5. The molecule has 6 heteroatoms. The summed E-state index contributed by atoms with van der Waals surface area (Å²) in [6.07, 6.45) is 1.23. The monoisotopic (exact) mass is 229 g/mol. The number of amides is 1. The van der Waals surface area contributed by atoms with Crippen molar-refractivity contribution in [1.82, 2.24) is 5.48 Å². The molecule has 1 N–H and O–H groups in total. The van der Waals surface area contributed by atoms with Crippen molar-refractivity contribution in [3.63, 3.8) is 0 Å². The van der Waals surface area contributed by atoms with Gasteiger partial charge in [0.25, 0.3) is 0 Å². The lowest BCUT2D eigenvalue weighted by Gasteiger charge is -2.06. The Morgan fingerprint density at radius 2 is 2.19 bits per heavy atom. The highest BCUT2D eigenvalue weighted by molar-refractivity contribution is 5.92. The maximum absolute atomic E-state index is 11.1. The maximum Gasteiger partial charge on any atom is 0.431 e. The molecule has 0 aliphatic carbocycles. The van der Waals surface area contributed by atoms with Gasteiger partial charge in [-0.1, -0.05) is 6.08 Å². The first-order valence-corrected chi connectivity index (χ1v) is 4.75. The summed E-state index contributed by atoms with van der Waals surface area (Å²) in [5, 5.41) is 0. The number of ketones is 1. The van der Waals surface area contributed by atoms with Gasteiger partial charge in [-0.25, -0.2) is 4.79 Å². The van der Waals surface area contributed by atoms with Gasteiger partial charge in [0, 0.05) is 6.42 Å². The standard InChI is InChI=1S/C10H15NO5/c1-3-5-16-11-10(14)15-6-4-9(13)8(2)7-12/h3,7-8H,1,4-6H2,2H3,(H,11,14). The largest absolute Gasteiger partial charge is 0.448 e. The Balaban J connectivity index is 3.57. The van der Waals surface area contributed by atoms with Crippen LogP contribution in [0.5, 0.6) is 0 Å². The van der Waals surface area contributed by atoms with Gasteiger partial charge in [0.2, 0.25) is 0 Å². The molecule has 0 aromatic carbocycles. The molecule has 90 valence electrons. The Labute approximate surface area is 93.5 Å². The zero-order valence-electron chi connectivity index (χ0n) is 9.10. The van der Waals surface area contributed by atoms with E-state index >= 15 is 0 Å². The number of Topliss-reactive ketones (excluding diaryl/α,β-unsaturated/α-hetero) is 1. The van der Waals surface area contributed by atoms with E-state index < -0.39 is 12.0 Å². The molecule has 0 aliphatic heterocycles. The van der Waals surface area contributed by atoms with Crippen LogP contribution in [0, 0.1) is 5.92 Å². The summed E-state index contributed by atoms with van der Waals surface area (Å²) in [5.41, 5.74) is 1.99. The van der Waals surface area contributed by atoms with E-state index in [2.05, 4.69) is 16.2 Å². The average Bonchev–Trinajstić information content (AvgIpc) is 2.28. The van der Waals surface area contributed by atoms with E-state index in [1.165, 1.54) is 13.0 Å². The summed E-state index contributed by atoms with van der Waals surface area (Å²) in [6.45, 7) is 4.95. The number of nitrogens with one attached hydrogen (secondary N) is 1. The third-order valence-electron chi connectivity index (χ3n) is 1.65. The van der Waals surface area contributed by atoms with Crippen molar-refractivity contribution in [2.24, 2.45) is 5.92 Å². The van der Waals surface area contributed by atoms with Crippen LogP contribution in [0.2, 0.25) is 0 Å². The van der Waals surface area contributed by atoms with Crippen LogP contribution in [0.1, 0.15) is 13.3 Å². The SMILES string of the molecule is C=CCONC(=O)OCCC(=O)C(C)C=O. The smallest absolute Gasteiger partial charge is 0.431 e. The van der Waals surface area contributed by atoms with Crippen molar-refractivity contribution in [1.29, 1.82) is 0 Å². The fraction of sp³-hybridized carbons (Fsp3) is 0.500. The van der Waals surface area contributed by atoms with Crippen molar-refractivity contribution < 1.29 is 24.0 Å². The van der Waals surface area contributed by atoms with Gasteiger partial charge in [0.1, 0.15) is 18.7 Å². The molecule has 0 aromatic heterocycles. The lowest BCUT2D eigenvalue weighted by molar-refractivity contribution is -0.127. The summed E-state index contributed by atoms with van der Waals surface area (Å²) in [6, 6.07) is 0. The highest BCUT2D eigenvalue weighted by Gasteiger charge is 2.12. The van der Waals surface area contributed by atoms with Gasteiger partial charge in [0.15, 0.2) is 0 Å². The Morgan fingerprint density at radius 1 is 1.50 bits per heavy atom. The van der Waals surface area contributed by atoms with E-state index in [0.29, 0.717) is 6.29 Å². The first-order chi connectivity index (χ1) is 7.61. The predicted molar refractivity (Wildman–Crippen MR) is 55.5 cm³/mol. The van der Waals surface area contributed by atoms with Crippen LogP contribution in [0.4, 0.5) is 4.79 Å². The summed E-state index contributed by atoms with van der Waals surface area (Å²) in [7, 11) is 0. The van der Waals surface area contributed by atoms with Gasteiger partial charge >= 0.3 is 6.09 Å². The van der Waals surface area contributed by atoms with Gasteiger partial charge in [-0.3, -0.25) is 9.63 Å². The number of carbonyl (C=O) groups excluding carboxylic acids is 3. The van der Waals surface area contributed by atoms with Crippen LogP contribution in [0.3, 0.4) is 0 Å². The third-order valence-corrected chi connectivity index (χ3v) is 1.65. The first-order valence-electron chi connectivity index (χ1n) is 4.75. The predicted octanol–water partition coefficient (Wildman–Crippen LogP) is 0.624. The molecule has 0 heterocycles. The van der Waals surface area contributed by atoms with Crippen molar-refractivity contribution >= 4 is 18.2 Å². The van der Waals surface area contributed by atoms with Crippen LogP contribution in [0.25, 0.3) is 0 Å². The molecule has 0 radical (unpaired) electrons. The molecule has 1 unspecified atom stereocenters. The van der Waals surface area contributed by atoms with E-state index in [9.17, 15) is 14.4 Å². The highest BCUT2D eigenvalue weighted by atomic mass is 16.7. The fourth-order valence-electron chi connectivity index (χ4n) is 0.737. The van der Waals surface area contributed by atoms with Gasteiger partial charge in [0.05, 0.1) is 12.5 Å². The summed E-state index contributed by atoms with van der Waals surface area (Å²) >= 11 is 0. The molecule has 0 rings (SSSR count). The minimum atomic E-state index is -0.784. The molecule has 0 saturated carbocycles. The molecule has 0 fully saturated rings. The molecule has 16 heavy (non-hydrogen) atoms. The Morgan fingerprint density at radius 3 is 2.75 bits per heavy atom. The fourth-order valence-corrected chi connectivity index (χ4v) is 0.737. The van der Waals surface area contributed by atoms with E-state index in [4.69, 9.17) is 0 Å². The van der Waals surface area contributed by atoms with Crippen LogP contribution >= 0.6 is 0 Å². The van der Waals surface area contributed by atoms with Gasteiger partial charge < -0.3 is 9.53 Å². The Hall–Kier alpha value is -1.69. The zero-order valence-corrected chi connectivity index (χ0v) is 9.10. The van der Waals surface area contributed by atoms with Crippen LogP contribution in [0.15, 0.2) is 12.7 Å². The van der Waals surface area contributed by atoms with Crippen molar-refractivity contribution in [2.45, 2.75) is 13.3 Å². The second kappa shape index (κ2) is 8.60. The van der Waals surface area contributed by atoms with Gasteiger partial charge in [-0.05, 0) is 6.92 Å². The zero-order chi connectivity index (χ0) is 12.4. The molecule has 0 bridgehead atoms. The third kappa shape index (κ3) is 6.72. The normalized spacial score (nSPS) is 11.3. The molecular weight excluding hydrogens is 214 g/mol. The lowest BCUT2D eigenvalue weighted by Crippen LogP contribution is -2.26. The molecule has 0 spiro atoms. The van der Waals surface area contributed by atoms with E-state index in [1.807, 2.05) is 5.48 Å². The summed E-state index contributed by atoms with van der Waals surface area (Å²) in [5.74, 6) is -0.932. The number of aldehydes is 1. The van der Waals surface area contributed by atoms with E-state index in [-0.39, 0.29) is 25.4 Å². The highest BCUT2D eigenvalue weighted by Crippen LogP contribution is 1.97. The first kappa shape index (κ1) is 14.3. The minimum Gasteiger partial charge on any atom is -0.448 e. The number of hydrogen-bond donors (Lipinski definition) is 1. The minimum absolute atomic E-state index is 0.00872. The topological polar surface area (TPSA) is 81.7 Å². The van der Waals surface area contributed by atoms with E-state index in [1.54, 1.807) is 0 Å². The molecule has 6 nitrogen and oxygen atoms in total. The number of hydroxylamine groups is 1. The molecule has 1 amide bonds. The number of carbonyl (C=O) groups is 3. The second-order valence-electron chi connectivity index (χ2n) is 2.98. The molecule has 0 saturated heterocycles. The molecule has 0 aliphatic rings. The summed E-state index contributed by atoms with van der Waals surface area (Å²) < 4.78 is 4.61. The number of hydrogen-bond acceptors (Lipinski definition) is 5. The quantitative estimate of drug-likeness (QED) is 0.217. The van der Waals surface area contributed by atoms with Crippen LogP contribution < -0.4 is 5.48 Å². The molecule has 1 atom stereocenters. The van der Waals surface area contributed by atoms with Gasteiger partial charge in [-0.15, -0.1) is 6.58 Å². The van der Waals surface area contributed by atoms with Crippen molar-refractivity contribution in [3.05, 3.63) is 12.7 Å². The Kier molecular flexibility index (Phi) is 7.70. The number of rotatable bonds is 8. The summed E-state index contributed by atoms with van der Waals surface area (Å²) in [4.78, 5) is 36.8. The van der Waals surface area contributed by atoms with Crippen molar-refractivity contribution in [3.8, 4) is 0 Å². The lowest BCUT2D eigenvalue weighted by atomic mass is 10.1. The second-order valence-corrected chi connectivity index (χ2v) is 2.98. The van der Waals surface area contributed by atoms with E-state index in [0.717, 1.165) is 0 Å².